The summed E-state index contributed by atoms with van der Waals surface area (Å²) in [6, 6.07) is 4.63. The molecule has 2 aromatic rings. The van der Waals surface area contributed by atoms with Gasteiger partial charge < -0.3 is 25.7 Å². The number of nitrogens with zero attached hydrogens (tertiary/aromatic N) is 2. The van der Waals surface area contributed by atoms with Gasteiger partial charge in [0.2, 0.25) is 0 Å². The molecule has 3 rings (SSSR count). The van der Waals surface area contributed by atoms with Crippen LogP contribution >= 0.6 is 31.8 Å². The van der Waals surface area contributed by atoms with Gasteiger partial charge in [0.15, 0.2) is 5.69 Å². The van der Waals surface area contributed by atoms with Crippen molar-refractivity contribution in [2.75, 3.05) is 18.4 Å². The van der Waals surface area contributed by atoms with Gasteiger partial charge in [0.05, 0.1) is 27.5 Å². The van der Waals surface area contributed by atoms with Gasteiger partial charge in [0.1, 0.15) is 6.73 Å². The minimum atomic E-state index is -2.61. The molecule has 1 saturated heterocycles. The molecule has 1 aliphatic heterocycles. The van der Waals surface area contributed by atoms with E-state index in [2.05, 4.69) is 21.0 Å². The molecule has 0 atom stereocenters. The smallest absolute Gasteiger partial charge is 0.328 e. The Labute approximate surface area is 183 Å². The van der Waals surface area contributed by atoms with Crippen LogP contribution in [0, 0.1) is 0 Å². The van der Waals surface area contributed by atoms with Crippen LogP contribution in [-0.2, 0) is 11.3 Å². The molecule has 1 aromatic heterocycles. The van der Waals surface area contributed by atoms with E-state index in [4.69, 9.17) is 37.5 Å². The number of piperidine rings is 1. The Kier molecular flexibility index (Phi) is 8.01. The minimum Gasteiger partial charge on any atom is -0.348 e. The van der Waals surface area contributed by atoms with Crippen molar-refractivity contribution in [3.8, 4) is 0 Å². The second-order valence-corrected chi connectivity index (χ2v) is 8.07. The van der Waals surface area contributed by atoms with E-state index in [1.807, 2.05) is 0 Å². The first-order valence-corrected chi connectivity index (χ1v) is 10.9. The largest absolute Gasteiger partial charge is 0.348 e. The van der Waals surface area contributed by atoms with Gasteiger partial charge in [-0.2, -0.15) is 5.10 Å². The molecular weight excluding hydrogens is 456 g/mol. The van der Waals surface area contributed by atoms with Crippen LogP contribution in [0.4, 0.5) is 5.69 Å². The van der Waals surface area contributed by atoms with Gasteiger partial charge in [0.25, 0.3) is 11.8 Å². The lowest BCUT2D eigenvalue weighted by Crippen LogP contribution is -2.43. The summed E-state index contributed by atoms with van der Waals surface area (Å²) in [5.74, 6) is -1.09. The summed E-state index contributed by atoms with van der Waals surface area (Å²) >= 11 is 12.2. The van der Waals surface area contributed by atoms with Crippen LogP contribution in [0.15, 0.2) is 24.4 Å². The summed E-state index contributed by atoms with van der Waals surface area (Å²) in [6.45, 7) is 1.26. The molecule has 5 N–H and O–H groups in total. The van der Waals surface area contributed by atoms with Gasteiger partial charge in [-0.05, 0) is 38.1 Å². The molecule has 30 heavy (non-hydrogen) atoms. The number of aromatic nitrogens is 2. The van der Waals surface area contributed by atoms with E-state index >= 15 is 0 Å². The zero-order chi connectivity index (χ0) is 21.7. The molecule has 1 aliphatic rings. The molecule has 0 saturated carbocycles. The molecule has 1 aromatic carbocycles. The van der Waals surface area contributed by atoms with Crippen molar-refractivity contribution >= 4 is 49.3 Å². The Morgan fingerprint density at radius 2 is 1.90 bits per heavy atom. The normalized spacial score (nSPS) is 14.7. The lowest BCUT2D eigenvalue weighted by atomic mass is 10.1. The topological polar surface area (TPSA) is 138 Å². The van der Waals surface area contributed by atoms with Crippen molar-refractivity contribution in [3.63, 3.8) is 0 Å². The summed E-state index contributed by atoms with van der Waals surface area (Å²) in [4.78, 5) is 43.4. The molecule has 0 radical (unpaired) electrons. The summed E-state index contributed by atoms with van der Waals surface area (Å²) in [6.07, 6.45) is 2.89. The molecule has 13 heteroatoms. The third-order valence-electron chi connectivity index (χ3n) is 4.39. The van der Waals surface area contributed by atoms with Crippen molar-refractivity contribution in [1.29, 1.82) is 0 Å². The quantitative estimate of drug-likeness (QED) is 0.386. The number of carbonyl (C=O) groups excluding carboxylic acids is 2. The number of nitrogens with one attached hydrogen (secondary N) is 3. The van der Waals surface area contributed by atoms with Crippen LogP contribution in [0.1, 0.15) is 33.7 Å². The summed E-state index contributed by atoms with van der Waals surface area (Å²) in [5, 5.41) is 13.1. The highest BCUT2D eigenvalue weighted by atomic mass is 35.5. The number of benzene rings is 1. The maximum atomic E-state index is 12.8. The Balaban J connectivity index is 1.83. The molecule has 0 aliphatic carbocycles. The SMILES string of the molecule is O=C(NC1CCNCC1)c1nn(COP(O)O)cc1NC(=O)c1c(Cl)cccc1Cl. The molecule has 2 heterocycles. The van der Waals surface area contributed by atoms with Crippen LogP contribution in [0.2, 0.25) is 10.0 Å². The van der Waals surface area contributed by atoms with E-state index < -0.39 is 20.4 Å². The number of carbonyl (C=O) groups is 2. The molecule has 0 unspecified atom stereocenters. The summed E-state index contributed by atoms with van der Waals surface area (Å²) in [5.41, 5.74) is 0.115. The lowest BCUT2D eigenvalue weighted by molar-refractivity contribution is 0.0923. The maximum Gasteiger partial charge on any atom is 0.328 e. The van der Waals surface area contributed by atoms with Crippen LogP contribution < -0.4 is 16.0 Å². The third kappa shape index (κ3) is 5.89. The number of rotatable bonds is 7. The Morgan fingerprint density at radius 1 is 1.23 bits per heavy atom. The minimum absolute atomic E-state index is 0.0237. The van der Waals surface area contributed by atoms with Crippen LogP contribution in [0.5, 0.6) is 0 Å². The predicted octanol–water partition coefficient (Wildman–Crippen LogP) is 2.11. The zero-order valence-electron chi connectivity index (χ0n) is 15.6. The number of halogens is 2. The van der Waals surface area contributed by atoms with Crippen molar-refractivity contribution in [2.24, 2.45) is 0 Å². The van der Waals surface area contributed by atoms with Crippen molar-refractivity contribution in [3.05, 3.63) is 45.7 Å². The van der Waals surface area contributed by atoms with Crippen LogP contribution in [-0.4, -0.2) is 50.5 Å². The molecule has 162 valence electrons. The average molecular weight is 476 g/mol. The highest BCUT2D eigenvalue weighted by molar-refractivity contribution is 7.39. The first-order valence-electron chi connectivity index (χ1n) is 9.00. The van der Waals surface area contributed by atoms with Gasteiger partial charge >= 0.3 is 8.60 Å². The molecule has 10 nitrogen and oxygen atoms in total. The second-order valence-electron chi connectivity index (χ2n) is 6.49. The molecule has 2 amide bonds. The fourth-order valence-electron chi connectivity index (χ4n) is 2.98. The molecule has 1 fully saturated rings. The molecule has 0 bridgehead atoms. The fraction of sp³-hybridized carbons (Fsp3) is 0.353. The number of amides is 2. The standard InChI is InChI=1S/C17H20Cl2N5O5P/c18-11-2-1-3-12(19)14(11)16(25)22-13-8-24(9-29-30(27)28)23-15(13)17(26)21-10-4-6-20-7-5-10/h1-3,8,10,20,27-28H,4-7,9H2,(H,21,26)(H,22,25). The van der Waals surface area contributed by atoms with Crippen molar-refractivity contribution in [2.45, 2.75) is 25.6 Å². The summed E-state index contributed by atoms with van der Waals surface area (Å²) in [7, 11) is -2.61. The molecular formula is C17H20Cl2N5O5P. The maximum absolute atomic E-state index is 12.8. The number of hydrogen-bond donors (Lipinski definition) is 5. The van der Waals surface area contributed by atoms with Gasteiger partial charge in [-0.1, -0.05) is 29.3 Å². The van der Waals surface area contributed by atoms with Crippen molar-refractivity contribution < 1.29 is 23.9 Å². The monoisotopic (exact) mass is 475 g/mol. The number of anilines is 1. The Hall–Kier alpha value is -1.78. The second kappa shape index (κ2) is 10.5. The average Bonchev–Trinajstić information content (AvgIpc) is 3.10. The first kappa shape index (κ1) is 22.9. The van der Waals surface area contributed by atoms with E-state index in [9.17, 15) is 9.59 Å². The number of hydrogen-bond acceptors (Lipinski definition) is 7. The van der Waals surface area contributed by atoms with Gasteiger partial charge in [-0.25, -0.2) is 4.68 Å². The summed E-state index contributed by atoms with van der Waals surface area (Å²) < 4.78 is 5.90. The van der Waals surface area contributed by atoms with E-state index in [-0.39, 0.29) is 39.8 Å². The van der Waals surface area contributed by atoms with Gasteiger partial charge in [-0.15, -0.1) is 0 Å². The third-order valence-corrected chi connectivity index (χ3v) is 5.37. The van der Waals surface area contributed by atoms with Gasteiger partial charge in [-0.3, -0.25) is 14.1 Å². The highest BCUT2D eigenvalue weighted by Gasteiger charge is 2.24. The lowest BCUT2D eigenvalue weighted by Gasteiger charge is -2.23. The van der Waals surface area contributed by atoms with Crippen molar-refractivity contribution in [1.82, 2.24) is 20.4 Å². The predicted molar refractivity (Wildman–Crippen MR) is 112 cm³/mol. The van der Waals surface area contributed by atoms with Gasteiger partial charge in [0, 0.05) is 6.04 Å². The van der Waals surface area contributed by atoms with E-state index in [0.29, 0.717) is 0 Å². The zero-order valence-corrected chi connectivity index (χ0v) is 18.0. The molecule has 0 spiro atoms. The Morgan fingerprint density at radius 3 is 2.53 bits per heavy atom. The van der Waals surface area contributed by atoms with Crippen LogP contribution in [0.3, 0.4) is 0 Å². The Bertz CT molecular complexity index is 900. The van der Waals surface area contributed by atoms with E-state index in [1.54, 1.807) is 6.07 Å². The van der Waals surface area contributed by atoms with E-state index in [0.717, 1.165) is 25.9 Å². The highest BCUT2D eigenvalue weighted by Crippen LogP contribution is 2.27. The van der Waals surface area contributed by atoms with E-state index in [1.165, 1.54) is 23.0 Å². The first-order chi connectivity index (χ1) is 14.3. The van der Waals surface area contributed by atoms with Crippen LogP contribution in [0.25, 0.3) is 0 Å². The fourth-order valence-corrected chi connectivity index (χ4v) is 3.77.